The highest BCUT2D eigenvalue weighted by molar-refractivity contribution is 5.75. The second kappa shape index (κ2) is 6.63. The highest BCUT2D eigenvalue weighted by Crippen LogP contribution is 2.18. The molecule has 0 saturated carbocycles. The van der Waals surface area contributed by atoms with Gasteiger partial charge in [-0.3, -0.25) is 4.79 Å². The Balaban J connectivity index is 2.87. The van der Waals surface area contributed by atoms with E-state index in [1.807, 2.05) is 6.92 Å². The van der Waals surface area contributed by atoms with Gasteiger partial charge in [0, 0.05) is 12.6 Å². The third-order valence-electron chi connectivity index (χ3n) is 2.25. The van der Waals surface area contributed by atoms with Gasteiger partial charge in [-0.2, -0.15) is 9.97 Å². The largest absolute Gasteiger partial charge is 0.481 e. The van der Waals surface area contributed by atoms with E-state index >= 15 is 0 Å². The summed E-state index contributed by atoms with van der Waals surface area (Å²) >= 11 is 0. The Hall–Kier alpha value is -2.05. The highest BCUT2D eigenvalue weighted by atomic mass is 16.5. The molecule has 0 amide bonds. The first-order chi connectivity index (χ1) is 8.60. The molecule has 0 aromatic carbocycles. The van der Waals surface area contributed by atoms with E-state index in [1.165, 1.54) is 7.11 Å². The van der Waals surface area contributed by atoms with Crippen molar-refractivity contribution in [3.63, 3.8) is 0 Å². The zero-order chi connectivity index (χ0) is 13.5. The maximum Gasteiger partial charge on any atom is 0.325 e. The number of nitrogens with two attached hydrogens (primary N) is 1. The van der Waals surface area contributed by atoms with Gasteiger partial charge in [0.05, 0.1) is 13.7 Å². The van der Waals surface area contributed by atoms with Crippen LogP contribution in [0.15, 0.2) is 6.07 Å². The third kappa shape index (κ3) is 3.76. The molecule has 0 aliphatic heterocycles. The lowest BCUT2D eigenvalue weighted by Crippen LogP contribution is -2.31. The molecule has 1 heterocycles. The number of anilines is 2. The van der Waals surface area contributed by atoms with E-state index in [4.69, 9.17) is 15.2 Å². The molecule has 18 heavy (non-hydrogen) atoms. The number of hydrogen-bond acceptors (Lipinski definition) is 7. The lowest BCUT2D eigenvalue weighted by atomic mass is 10.4. The lowest BCUT2D eigenvalue weighted by Gasteiger charge is -2.21. The van der Waals surface area contributed by atoms with Crippen LogP contribution in [0.25, 0.3) is 0 Å². The fraction of sp³-hybridized carbons (Fsp3) is 0.545. The molecule has 0 aliphatic rings. The average molecular weight is 254 g/mol. The lowest BCUT2D eigenvalue weighted by molar-refractivity contribution is -0.141. The molecule has 0 fully saturated rings. The van der Waals surface area contributed by atoms with Gasteiger partial charge in [-0.1, -0.05) is 0 Å². The summed E-state index contributed by atoms with van der Waals surface area (Å²) in [6, 6.07) is 1.62. The van der Waals surface area contributed by atoms with Gasteiger partial charge in [0.25, 0.3) is 0 Å². The fourth-order valence-electron chi connectivity index (χ4n) is 1.41. The first-order valence-corrected chi connectivity index (χ1v) is 5.69. The smallest absolute Gasteiger partial charge is 0.325 e. The first kappa shape index (κ1) is 14.0. The number of aromatic nitrogens is 2. The van der Waals surface area contributed by atoms with Gasteiger partial charge in [-0.25, -0.2) is 0 Å². The van der Waals surface area contributed by atoms with Crippen LogP contribution < -0.4 is 15.4 Å². The molecular weight excluding hydrogens is 236 g/mol. The van der Waals surface area contributed by atoms with Crippen molar-refractivity contribution in [3.8, 4) is 5.88 Å². The Kier molecular flexibility index (Phi) is 5.16. The van der Waals surface area contributed by atoms with E-state index in [0.717, 1.165) is 0 Å². The minimum Gasteiger partial charge on any atom is -0.481 e. The Morgan fingerprint density at radius 2 is 2.17 bits per heavy atom. The van der Waals surface area contributed by atoms with Crippen molar-refractivity contribution in [1.29, 1.82) is 0 Å². The van der Waals surface area contributed by atoms with Gasteiger partial charge < -0.3 is 20.1 Å². The Morgan fingerprint density at radius 3 is 2.72 bits per heavy atom. The third-order valence-corrected chi connectivity index (χ3v) is 2.25. The number of nitrogens with zero attached hydrogens (tertiary/aromatic N) is 3. The molecule has 0 aliphatic carbocycles. The van der Waals surface area contributed by atoms with Crippen LogP contribution in [0, 0.1) is 0 Å². The normalized spacial score (nSPS) is 9.94. The molecule has 0 radical (unpaired) electrons. The molecular formula is C11H18N4O3. The zero-order valence-electron chi connectivity index (χ0n) is 10.8. The van der Waals surface area contributed by atoms with E-state index in [-0.39, 0.29) is 18.5 Å². The molecule has 0 spiro atoms. The van der Waals surface area contributed by atoms with Crippen molar-refractivity contribution in [1.82, 2.24) is 9.97 Å². The SMILES string of the molecule is CCOC(=O)CN(CC)c1cc(OC)nc(N)n1. The summed E-state index contributed by atoms with van der Waals surface area (Å²) in [6.45, 7) is 4.73. The summed E-state index contributed by atoms with van der Waals surface area (Å²) in [6.07, 6.45) is 0. The van der Waals surface area contributed by atoms with Crippen molar-refractivity contribution >= 4 is 17.7 Å². The van der Waals surface area contributed by atoms with Crippen molar-refractivity contribution < 1.29 is 14.3 Å². The number of carbonyl (C=O) groups excluding carboxylic acids is 1. The van der Waals surface area contributed by atoms with Gasteiger partial charge in [-0.15, -0.1) is 0 Å². The van der Waals surface area contributed by atoms with Crippen molar-refractivity contribution in [3.05, 3.63) is 6.07 Å². The predicted molar refractivity (Wildman–Crippen MR) is 67.5 cm³/mol. The van der Waals surface area contributed by atoms with Crippen LogP contribution in [0.3, 0.4) is 0 Å². The van der Waals surface area contributed by atoms with Crippen molar-refractivity contribution in [2.45, 2.75) is 13.8 Å². The predicted octanol–water partition coefficient (Wildman–Crippen LogP) is 0.457. The van der Waals surface area contributed by atoms with E-state index < -0.39 is 0 Å². The second-order valence-corrected chi connectivity index (χ2v) is 3.45. The Labute approximate surface area is 106 Å². The molecule has 0 saturated heterocycles. The molecule has 1 aromatic heterocycles. The van der Waals surface area contributed by atoms with Gasteiger partial charge >= 0.3 is 5.97 Å². The minimum absolute atomic E-state index is 0.103. The Bertz CT molecular complexity index is 411. The van der Waals surface area contributed by atoms with E-state index in [0.29, 0.717) is 24.8 Å². The second-order valence-electron chi connectivity index (χ2n) is 3.45. The molecule has 0 bridgehead atoms. The average Bonchev–Trinajstić information content (AvgIpc) is 2.35. The van der Waals surface area contributed by atoms with Crippen LogP contribution in [0.5, 0.6) is 5.88 Å². The summed E-state index contributed by atoms with van der Waals surface area (Å²) in [5.74, 6) is 0.692. The van der Waals surface area contributed by atoms with Crippen LogP contribution in [0.1, 0.15) is 13.8 Å². The number of methoxy groups -OCH3 is 1. The van der Waals surface area contributed by atoms with E-state index in [9.17, 15) is 4.79 Å². The van der Waals surface area contributed by atoms with Crippen LogP contribution in [0.2, 0.25) is 0 Å². The number of rotatable bonds is 6. The summed E-state index contributed by atoms with van der Waals surface area (Å²) in [5, 5.41) is 0. The summed E-state index contributed by atoms with van der Waals surface area (Å²) in [4.78, 5) is 21.1. The summed E-state index contributed by atoms with van der Waals surface area (Å²) < 4.78 is 9.90. The van der Waals surface area contributed by atoms with Gasteiger partial charge in [-0.05, 0) is 13.8 Å². The fourth-order valence-corrected chi connectivity index (χ4v) is 1.41. The number of esters is 1. The minimum atomic E-state index is -0.310. The molecule has 0 unspecified atom stereocenters. The van der Waals surface area contributed by atoms with Crippen molar-refractivity contribution in [2.75, 3.05) is 37.4 Å². The molecule has 1 aromatic rings. The van der Waals surface area contributed by atoms with Crippen LogP contribution in [0.4, 0.5) is 11.8 Å². The molecule has 2 N–H and O–H groups in total. The van der Waals surface area contributed by atoms with Gasteiger partial charge in [0.2, 0.25) is 11.8 Å². The monoisotopic (exact) mass is 254 g/mol. The molecule has 7 heteroatoms. The Morgan fingerprint density at radius 1 is 1.44 bits per heavy atom. The van der Waals surface area contributed by atoms with Crippen molar-refractivity contribution in [2.24, 2.45) is 0 Å². The maximum absolute atomic E-state index is 11.5. The summed E-state index contributed by atoms with van der Waals surface area (Å²) in [5.41, 5.74) is 5.57. The maximum atomic E-state index is 11.5. The number of carbonyl (C=O) groups is 1. The number of hydrogen-bond donors (Lipinski definition) is 1. The molecule has 100 valence electrons. The topological polar surface area (TPSA) is 90.6 Å². The number of ether oxygens (including phenoxy) is 2. The van der Waals surface area contributed by atoms with Gasteiger partial charge in [0.1, 0.15) is 12.4 Å². The standard InChI is InChI=1S/C11H18N4O3/c1-4-15(7-10(16)18-5-2)8-6-9(17-3)14-11(12)13-8/h6H,4-5,7H2,1-3H3,(H2,12,13,14). The zero-order valence-corrected chi connectivity index (χ0v) is 10.8. The molecule has 1 rings (SSSR count). The quantitative estimate of drug-likeness (QED) is 0.737. The number of likely N-dealkylation sites (N-methyl/N-ethyl adjacent to an activating group) is 1. The first-order valence-electron chi connectivity index (χ1n) is 5.69. The van der Waals surface area contributed by atoms with Gasteiger partial charge in [0.15, 0.2) is 0 Å². The van der Waals surface area contributed by atoms with Crippen LogP contribution in [-0.2, 0) is 9.53 Å². The molecule has 0 atom stereocenters. The van der Waals surface area contributed by atoms with E-state index in [1.54, 1.807) is 17.9 Å². The van der Waals surface area contributed by atoms with Crippen LogP contribution in [-0.4, -0.2) is 42.7 Å². The molecule has 7 nitrogen and oxygen atoms in total. The van der Waals surface area contributed by atoms with E-state index in [2.05, 4.69) is 9.97 Å². The summed E-state index contributed by atoms with van der Waals surface area (Å²) in [7, 11) is 1.49. The van der Waals surface area contributed by atoms with Crippen LogP contribution >= 0.6 is 0 Å². The highest BCUT2D eigenvalue weighted by Gasteiger charge is 2.14. The number of nitrogen functional groups attached to an aromatic ring is 1.